The van der Waals surface area contributed by atoms with Gasteiger partial charge in [0.1, 0.15) is 5.58 Å². The first-order chi connectivity index (χ1) is 40.8. The predicted octanol–water partition coefficient (Wildman–Crippen LogP) is 21.6. The van der Waals surface area contributed by atoms with Crippen LogP contribution in [0, 0.1) is 6.92 Å². The molecule has 2 aromatic heterocycles. The third-order valence-electron chi connectivity index (χ3n) is 22.6. The molecule has 4 nitrogen and oxygen atoms in total. The van der Waals surface area contributed by atoms with Crippen molar-refractivity contribution in [3.8, 4) is 0 Å². The van der Waals surface area contributed by atoms with Crippen molar-refractivity contribution in [2.75, 3.05) is 14.7 Å². The summed E-state index contributed by atoms with van der Waals surface area (Å²) < 4.78 is 10.1. The molecule has 444 valence electrons. The first-order valence-electron chi connectivity index (χ1n) is 32.8. The van der Waals surface area contributed by atoms with Gasteiger partial charge in [-0.2, -0.15) is 0 Å². The van der Waals surface area contributed by atoms with Crippen LogP contribution in [-0.4, -0.2) is 12.3 Å². The molecule has 2 unspecified atom stereocenters. The van der Waals surface area contributed by atoms with Gasteiger partial charge >= 0.3 is 0 Å². The van der Waals surface area contributed by atoms with E-state index in [4.69, 9.17) is 4.42 Å². The highest BCUT2D eigenvalue weighted by molar-refractivity contribution is 7.26. The zero-order chi connectivity index (χ0) is 61.4. The van der Waals surface area contributed by atoms with Crippen LogP contribution in [0.2, 0.25) is 0 Å². The number of nitrogens with zero attached hydrogens (tertiary/aromatic N) is 3. The van der Waals surface area contributed by atoms with Crippen molar-refractivity contribution in [2.24, 2.45) is 0 Å². The molecule has 3 aliphatic heterocycles. The second-order valence-corrected chi connectivity index (χ2v) is 34.3. The van der Waals surface area contributed by atoms with Crippen molar-refractivity contribution < 1.29 is 4.42 Å². The third-order valence-corrected chi connectivity index (χ3v) is 23.7. The Kier molecular flexibility index (Phi) is 11.9. The van der Waals surface area contributed by atoms with E-state index >= 15 is 0 Å². The summed E-state index contributed by atoms with van der Waals surface area (Å²) in [5.74, 6) is 0. The highest BCUT2D eigenvalue weighted by Gasteiger charge is 2.58. The summed E-state index contributed by atoms with van der Waals surface area (Å²) in [7, 11) is 0. The minimum absolute atomic E-state index is 0.00493. The first-order valence-corrected chi connectivity index (χ1v) is 33.6. The summed E-state index contributed by atoms with van der Waals surface area (Å²) in [4.78, 5) is 8.27. The number of anilines is 8. The Hall–Kier alpha value is -6.76. The van der Waals surface area contributed by atoms with Gasteiger partial charge in [0.2, 0.25) is 0 Å². The minimum Gasteiger partial charge on any atom is -0.454 e. The normalized spacial score (nSPS) is 20.5. The zero-order valence-corrected chi connectivity index (χ0v) is 56.4. The van der Waals surface area contributed by atoms with Crippen LogP contribution in [0.5, 0.6) is 0 Å². The lowest BCUT2D eigenvalue weighted by Gasteiger charge is -2.51. The van der Waals surface area contributed by atoms with Crippen LogP contribution in [0.1, 0.15) is 208 Å². The van der Waals surface area contributed by atoms with E-state index in [1.165, 1.54) is 152 Å². The maximum atomic E-state index is 7.50. The summed E-state index contributed by atoms with van der Waals surface area (Å²) >= 11 is 1.93. The van der Waals surface area contributed by atoms with E-state index in [2.05, 4.69) is 274 Å². The van der Waals surface area contributed by atoms with Gasteiger partial charge in [-0.15, -0.1) is 11.3 Å². The van der Waals surface area contributed by atoms with Crippen LogP contribution in [0.3, 0.4) is 0 Å². The Labute approximate surface area is 523 Å². The van der Waals surface area contributed by atoms with Crippen LogP contribution in [-0.2, 0) is 37.9 Å². The molecule has 8 aromatic carbocycles. The molecule has 6 heteroatoms. The van der Waals surface area contributed by atoms with Crippen LogP contribution in [0.4, 0.5) is 45.5 Å². The molecule has 0 amide bonds. The van der Waals surface area contributed by atoms with Gasteiger partial charge in [-0.25, -0.2) is 0 Å². The second kappa shape index (κ2) is 18.2. The minimum atomic E-state index is -0.208. The zero-order valence-electron chi connectivity index (χ0n) is 55.6. The maximum Gasteiger partial charge on any atom is 0.252 e. The average molecular weight is 1160 g/mol. The molecule has 1 fully saturated rings. The Morgan fingerprint density at radius 1 is 0.460 bits per heavy atom. The number of hydrogen-bond acceptors (Lipinski definition) is 5. The molecule has 5 aliphatic rings. The summed E-state index contributed by atoms with van der Waals surface area (Å²) in [5.41, 5.74) is 26.6. The lowest BCUT2D eigenvalue weighted by atomic mass is 9.33. The number of fused-ring (bicyclic) bond motifs is 15. The summed E-state index contributed by atoms with van der Waals surface area (Å²) in [6.07, 6.45) is 7.08. The van der Waals surface area contributed by atoms with Gasteiger partial charge < -0.3 is 19.1 Å². The van der Waals surface area contributed by atoms with Crippen LogP contribution in [0.15, 0.2) is 132 Å². The summed E-state index contributed by atoms with van der Waals surface area (Å²) in [6.45, 7) is 45.7. The van der Waals surface area contributed by atoms with Crippen molar-refractivity contribution in [3.63, 3.8) is 0 Å². The Morgan fingerprint density at radius 2 is 1.07 bits per heavy atom. The maximum absolute atomic E-state index is 7.50. The molecule has 1 saturated carbocycles. The molecule has 0 spiro atoms. The van der Waals surface area contributed by atoms with Gasteiger partial charge in [0.05, 0.1) is 16.9 Å². The SMILES string of the molecule is Cc1cc2c(cc1N1c3cc(C(C)(C)C)cc4c3B(c3ccc(N5c6ccc(C(C)(C)C)cc6C6(C)CCCCC56C)cc3N4c3cccc4sc5ccc(C(C)(C)C)cc5c34)c3ccc4c(oc5ccc(C(C)(C)C)cc54)c31)C(C)(C)CCC2(C)C. The van der Waals surface area contributed by atoms with E-state index < -0.39 is 0 Å². The first kappa shape index (κ1) is 56.7. The van der Waals surface area contributed by atoms with Gasteiger partial charge in [-0.3, -0.25) is 0 Å². The van der Waals surface area contributed by atoms with Gasteiger partial charge in [-0.05, 0) is 206 Å². The highest BCUT2D eigenvalue weighted by Crippen LogP contribution is 2.62. The van der Waals surface area contributed by atoms with Gasteiger partial charge in [0, 0.05) is 70.5 Å². The van der Waals surface area contributed by atoms with Gasteiger partial charge in [0.15, 0.2) is 5.58 Å². The summed E-state index contributed by atoms with van der Waals surface area (Å²) in [6, 6.07) is 51.9. The van der Waals surface area contributed by atoms with E-state index in [9.17, 15) is 0 Å². The van der Waals surface area contributed by atoms with Gasteiger partial charge in [0.25, 0.3) is 6.71 Å². The Morgan fingerprint density at radius 3 is 1.76 bits per heavy atom. The van der Waals surface area contributed by atoms with E-state index in [0.717, 1.165) is 35.1 Å². The number of aryl methyl sites for hydroxylation is 1. The predicted molar refractivity (Wildman–Crippen MR) is 378 cm³/mol. The quantitative estimate of drug-likeness (QED) is 0.164. The fourth-order valence-electron chi connectivity index (χ4n) is 16.9. The van der Waals surface area contributed by atoms with Crippen LogP contribution in [0.25, 0.3) is 42.1 Å². The molecule has 5 heterocycles. The van der Waals surface area contributed by atoms with E-state index in [1.54, 1.807) is 0 Å². The van der Waals surface area contributed by atoms with Crippen LogP contribution < -0.4 is 31.1 Å². The molecule has 0 saturated heterocycles. The monoisotopic (exact) mass is 1160 g/mol. The average Bonchev–Trinajstić information content (AvgIpc) is 1.63. The van der Waals surface area contributed by atoms with E-state index in [0.29, 0.717) is 0 Å². The highest BCUT2D eigenvalue weighted by atomic mass is 32.1. The smallest absolute Gasteiger partial charge is 0.252 e. The van der Waals surface area contributed by atoms with Crippen molar-refractivity contribution in [1.82, 2.24) is 0 Å². The van der Waals surface area contributed by atoms with Crippen molar-refractivity contribution in [1.29, 1.82) is 0 Å². The van der Waals surface area contributed by atoms with E-state index in [-0.39, 0.29) is 50.2 Å². The molecule has 0 N–H and O–H groups in total. The number of rotatable bonds is 3. The number of furan rings is 1. The van der Waals surface area contributed by atoms with Crippen molar-refractivity contribution in [3.05, 3.63) is 172 Å². The van der Waals surface area contributed by atoms with Crippen LogP contribution >= 0.6 is 11.3 Å². The number of thiophene rings is 1. The Bertz CT molecular complexity index is 4600. The molecule has 10 aromatic rings. The molecule has 2 aliphatic carbocycles. The van der Waals surface area contributed by atoms with Gasteiger partial charge in [-0.1, -0.05) is 185 Å². The molecule has 0 radical (unpaired) electrons. The van der Waals surface area contributed by atoms with Crippen molar-refractivity contribution in [2.45, 2.75) is 214 Å². The molecule has 2 atom stereocenters. The second-order valence-electron chi connectivity index (χ2n) is 33.3. The molecule has 0 bridgehead atoms. The fourth-order valence-corrected chi connectivity index (χ4v) is 18.0. The molecule has 15 rings (SSSR count). The summed E-state index contributed by atoms with van der Waals surface area (Å²) in [5, 5.41) is 4.99. The number of hydrogen-bond donors (Lipinski definition) is 0. The van der Waals surface area contributed by atoms with Crippen molar-refractivity contribution >= 4 is 122 Å². The standard InChI is InChI=1S/C81H90BN3OS/c1-47-39-56-57(79(16,17)38-37-78(56,14)15)46-63(47)84-66-44-51(77(11,12)13)43-65-71(66)82(60-31-29-53-54-40-48(74(2,3)4)26-33-67(54)86-73(53)72(60)84)59-30-28-52(85-61-32-25-50(76(8,9)10)42-58(61)80(18)35-20-21-36-81(80,85)19)45-64(59)83(65)62-23-22-24-69-70(62)55-41-49(75(5,6)7)27-34-68(55)87-69/h22-34,39-46H,20-21,35-38H2,1-19H3. The molecule has 87 heavy (non-hydrogen) atoms. The Balaban J connectivity index is 1.08. The largest absolute Gasteiger partial charge is 0.454 e. The third kappa shape index (κ3) is 8.12. The lowest BCUT2D eigenvalue weighted by Crippen LogP contribution is -2.61. The molecular formula is C81H90BN3OS. The lowest BCUT2D eigenvalue weighted by molar-refractivity contribution is 0.195. The topological polar surface area (TPSA) is 22.9 Å². The van der Waals surface area contributed by atoms with E-state index in [1.807, 2.05) is 11.3 Å². The number of benzene rings is 8. The fraction of sp³-hybridized carbons (Fsp3) is 0.407. The molecular weight excluding hydrogens is 1070 g/mol.